The average molecular weight is 402 g/mol. The van der Waals surface area contributed by atoms with Crippen LogP contribution >= 0.6 is 15.9 Å². The molecule has 1 spiro atoms. The standard InChI is InChI=1S/C20H20BrNO3/c21-15-7-8-18-16(11-15)17(12-20(25-18)9-4-10-20)22-19(23)24-13-14-5-2-1-3-6-14/h1-3,5-8,11,17H,4,9-10,12-13H2,(H,22,23). The fourth-order valence-corrected chi connectivity index (χ4v) is 3.93. The first-order valence-corrected chi connectivity index (χ1v) is 9.39. The molecule has 0 bridgehead atoms. The summed E-state index contributed by atoms with van der Waals surface area (Å²) in [6.07, 6.45) is 3.66. The zero-order valence-electron chi connectivity index (χ0n) is 13.8. The van der Waals surface area contributed by atoms with Crippen LogP contribution in [0, 0.1) is 0 Å². The van der Waals surface area contributed by atoms with E-state index in [2.05, 4.69) is 21.2 Å². The van der Waals surface area contributed by atoms with E-state index in [0.29, 0.717) is 0 Å². The molecule has 0 radical (unpaired) electrons. The number of amides is 1. The Labute approximate surface area is 155 Å². The third-order valence-electron chi connectivity index (χ3n) is 5.02. The van der Waals surface area contributed by atoms with E-state index in [1.54, 1.807) is 0 Å². The molecule has 25 heavy (non-hydrogen) atoms. The Morgan fingerprint density at radius 3 is 2.76 bits per heavy atom. The molecular formula is C20H20BrNO3. The summed E-state index contributed by atoms with van der Waals surface area (Å²) in [5, 5.41) is 3.03. The minimum absolute atomic E-state index is 0.0928. The largest absolute Gasteiger partial charge is 0.487 e. The Bertz CT molecular complexity index is 774. The van der Waals surface area contributed by atoms with Gasteiger partial charge in [-0.05, 0) is 43.0 Å². The second kappa shape index (κ2) is 6.71. The number of fused-ring (bicyclic) bond motifs is 1. The molecule has 2 aliphatic rings. The highest BCUT2D eigenvalue weighted by Crippen LogP contribution is 2.49. The van der Waals surface area contributed by atoms with Gasteiger partial charge < -0.3 is 14.8 Å². The Balaban J connectivity index is 1.47. The second-order valence-corrected chi connectivity index (χ2v) is 7.70. The zero-order valence-corrected chi connectivity index (χ0v) is 15.4. The lowest BCUT2D eigenvalue weighted by Crippen LogP contribution is -2.49. The van der Waals surface area contributed by atoms with Crippen molar-refractivity contribution in [1.29, 1.82) is 0 Å². The normalized spacial score (nSPS) is 20.1. The first-order valence-electron chi connectivity index (χ1n) is 8.59. The summed E-state index contributed by atoms with van der Waals surface area (Å²) in [7, 11) is 0. The van der Waals surface area contributed by atoms with Gasteiger partial charge in [0, 0.05) is 16.5 Å². The summed E-state index contributed by atoms with van der Waals surface area (Å²) >= 11 is 3.51. The van der Waals surface area contributed by atoms with Gasteiger partial charge >= 0.3 is 6.09 Å². The van der Waals surface area contributed by atoms with Crippen molar-refractivity contribution >= 4 is 22.0 Å². The fraction of sp³-hybridized carbons (Fsp3) is 0.350. The summed E-state index contributed by atoms with van der Waals surface area (Å²) in [4.78, 5) is 12.3. The maximum atomic E-state index is 12.3. The molecular weight excluding hydrogens is 382 g/mol. The van der Waals surface area contributed by atoms with Crippen LogP contribution in [-0.4, -0.2) is 11.7 Å². The number of carbonyl (C=O) groups is 1. The molecule has 1 saturated carbocycles. The molecule has 2 aromatic carbocycles. The van der Waals surface area contributed by atoms with Crippen molar-refractivity contribution in [3.8, 4) is 5.75 Å². The second-order valence-electron chi connectivity index (χ2n) is 6.78. The molecule has 1 aliphatic carbocycles. The summed E-state index contributed by atoms with van der Waals surface area (Å²) in [5.74, 6) is 0.863. The SMILES string of the molecule is O=C(NC1CC2(CCC2)Oc2ccc(Br)cc21)OCc1ccccc1. The predicted octanol–water partition coefficient (Wildman–Crippen LogP) is 5.12. The van der Waals surface area contributed by atoms with Gasteiger partial charge in [0.15, 0.2) is 0 Å². The minimum Gasteiger partial charge on any atom is -0.487 e. The summed E-state index contributed by atoms with van der Waals surface area (Å²) in [6.45, 7) is 0.270. The van der Waals surface area contributed by atoms with E-state index in [1.807, 2.05) is 48.5 Å². The smallest absolute Gasteiger partial charge is 0.407 e. The lowest BCUT2D eigenvalue weighted by atomic mass is 9.73. The molecule has 1 unspecified atom stereocenters. The molecule has 1 amide bonds. The molecule has 1 heterocycles. The Morgan fingerprint density at radius 1 is 1.24 bits per heavy atom. The topological polar surface area (TPSA) is 47.6 Å². The van der Waals surface area contributed by atoms with Gasteiger partial charge in [-0.3, -0.25) is 0 Å². The molecule has 1 aliphatic heterocycles. The van der Waals surface area contributed by atoms with Gasteiger partial charge in [0.2, 0.25) is 0 Å². The van der Waals surface area contributed by atoms with E-state index in [-0.39, 0.29) is 18.2 Å². The maximum absolute atomic E-state index is 12.3. The van der Waals surface area contributed by atoms with Crippen molar-refractivity contribution in [2.45, 2.75) is 43.9 Å². The quantitative estimate of drug-likeness (QED) is 0.775. The Hall–Kier alpha value is -2.01. The molecule has 4 nitrogen and oxygen atoms in total. The number of carbonyl (C=O) groups excluding carboxylic acids is 1. The van der Waals surface area contributed by atoms with Gasteiger partial charge in [0.25, 0.3) is 0 Å². The minimum atomic E-state index is -0.392. The number of rotatable bonds is 3. The van der Waals surface area contributed by atoms with Crippen molar-refractivity contribution in [3.63, 3.8) is 0 Å². The van der Waals surface area contributed by atoms with Gasteiger partial charge in [0.1, 0.15) is 18.0 Å². The van der Waals surface area contributed by atoms with Gasteiger partial charge in [-0.15, -0.1) is 0 Å². The number of benzene rings is 2. The number of hydrogen-bond acceptors (Lipinski definition) is 3. The maximum Gasteiger partial charge on any atom is 0.407 e. The van der Waals surface area contributed by atoms with Crippen LogP contribution < -0.4 is 10.1 Å². The van der Waals surface area contributed by atoms with Crippen LogP contribution in [0.5, 0.6) is 5.75 Å². The lowest BCUT2D eigenvalue weighted by Gasteiger charge is -2.47. The monoisotopic (exact) mass is 401 g/mol. The number of hydrogen-bond donors (Lipinski definition) is 1. The van der Waals surface area contributed by atoms with Crippen molar-refractivity contribution in [3.05, 3.63) is 64.1 Å². The van der Waals surface area contributed by atoms with Crippen LogP contribution in [-0.2, 0) is 11.3 Å². The summed E-state index contributed by atoms with van der Waals surface area (Å²) < 4.78 is 12.6. The first-order chi connectivity index (χ1) is 12.1. The molecule has 1 atom stereocenters. The zero-order chi connectivity index (χ0) is 17.3. The Morgan fingerprint density at radius 2 is 2.04 bits per heavy atom. The third kappa shape index (κ3) is 3.52. The highest BCUT2D eigenvalue weighted by atomic mass is 79.9. The predicted molar refractivity (Wildman–Crippen MR) is 98.5 cm³/mol. The number of halogens is 1. The van der Waals surface area contributed by atoms with Crippen molar-refractivity contribution in [2.75, 3.05) is 0 Å². The number of nitrogens with one attached hydrogen (secondary N) is 1. The van der Waals surface area contributed by atoms with E-state index in [9.17, 15) is 4.79 Å². The number of ether oxygens (including phenoxy) is 2. The van der Waals surface area contributed by atoms with Crippen molar-refractivity contribution < 1.29 is 14.3 Å². The van der Waals surface area contributed by atoms with E-state index in [0.717, 1.165) is 40.6 Å². The van der Waals surface area contributed by atoms with Crippen LogP contribution in [0.1, 0.15) is 42.9 Å². The summed E-state index contributed by atoms with van der Waals surface area (Å²) in [5.41, 5.74) is 1.85. The van der Waals surface area contributed by atoms with Crippen LogP contribution in [0.25, 0.3) is 0 Å². The lowest BCUT2D eigenvalue weighted by molar-refractivity contribution is -0.0366. The van der Waals surface area contributed by atoms with E-state index in [1.165, 1.54) is 6.42 Å². The highest BCUT2D eigenvalue weighted by Gasteiger charge is 2.46. The van der Waals surface area contributed by atoms with Crippen LogP contribution in [0.3, 0.4) is 0 Å². The molecule has 4 rings (SSSR count). The van der Waals surface area contributed by atoms with E-state index >= 15 is 0 Å². The highest BCUT2D eigenvalue weighted by molar-refractivity contribution is 9.10. The van der Waals surface area contributed by atoms with Crippen molar-refractivity contribution in [2.24, 2.45) is 0 Å². The molecule has 1 N–H and O–H groups in total. The molecule has 1 fully saturated rings. The van der Waals surface area contributed by atoms with Crippen molar-refractivity contribution in [1.82, 2.24) is 5.32 Å². The van der Waals surface area contributed by atoms with Gasteiger partial charge in [0.05, 0.1) is 6.04 Å². The average Bonchev–Trinajstić information content (AvgIpc) is 2.60. The van der Waals surface area contributed by atoms with Gasteiger partial charge in [-0.1, -0.05) is 46.3 Å². The fourth-order valence-electron chi connectivity index (χ4n) is 3.55. The van der Waals surface area contributed by atoms with Crippen LogP contribution in [0.2, 0.25) is 0 Å². The van der Waals surface area contributed by atoms with E-state index in [4.69, 9.17) is 9.47 Å². The molecule has 2 aromatic rings. The third-order valence-corrected chi connectivity index (χ3v) is 5.51. The van der Waals surface area contributed by atoms with E-state index < -0.39 is 6.09 Å². The summed E-state index contributed by atoms with van der Waals surface area (Å²) in [6, 6.07) is 15.6. The molecule has 130 valence electrons. The molecule has 0 saturated heterocycles. The molecule has 0 aromatic heterocycles. The molecule has 5 heteroatoms. The van der Waals surface area contributed by atoms with Crippen LogP contribution in [0.4, 0.5) is 4.79 Å². The van der Waals surface area contributed by atoms with Crippen LogP contribution in [0.15, 0.2) is 53.0 Å². The first kappa shape index (κ1) is 16.5. The Kier molecular flexibility index (Phi) is 4.42. The van der Waals surface area contributed by atoms with Gasteiger partial charge in [-0.2, -0.15) is 0 Å². The number of alkyl carbamates (subject to hydrolysis) is 1. The van der Waals surface area contributed by atoms with Gasteiger partial charge in [-0.25, -0.2) is 4.79 Å².